The van der Waals surface area contributed by atoms with Gasteiger partial charge in [-0.05, 0) is 0 Å². The lowest BCUT2D eigenvalue weighted by Gasteiger charge is -2.25. The maximum Gasteiger partial charge on any atom is 0.326 e. The highest BCUT2D eigenvalue weighted by Crippen LogP contribution is 2.03. The lowest BCUT2D eigenvalue weighted by Crippen LogP contribution is -2.33. The molecular formula is C8H11N3O3. The minimum atomic E-state index is -0.463. The first-order valence-electron chi connectivity index (χ1n) is 4.41. The molecule has 0 aromatic heterocycles. The Hall–Kier alpha value is -1.56. The molecule has 0 aliphatic carbocycles. The third-order valence-corrected chi connectivity index (χ3v) is 2.08. The highest BCUT2D eigenvalue weighted by molar-refractivity contribution is 6.11. The summed E-state index contributed by atoms with van der Waals surface area (Å²) in [5, 5.41) is 4.57. The highest BCUT2D eigenvalue weighted by Gasteiger charge is 2.23. The van der Waals surface area contributed by atoms with Crippen LogP contribution in [0.3, 0.4) is 0 Å². The van der Waals surface area contributed by atoms with E-state index in [0.717, 1.165) is 13.1 Å². The third-order valence-electron chi connectivity index (χ3n) is 2.08. The third kappa shape index (κ3) is 1.85. The van der Waals surface area contributed by atoms with Gasteiger partial charge in [-0.25, -0.2) is 4.79 Å². The summed E-state index contributed by atoms with van der Waals surface area (Å²) in [6.07, 6.45) is 1.66. The molecule has 76 valence electrons. The second-order valence-electron chi connectivity index (χ2n) is 3.10. The molecule has 0 unspecified atom stereocenters. The highest BCUT2D eigenvalue weighted by atomic mass is 16.5. The van der Waals surface area contributed by atoms with Gasteiger partial charge in [0.1, 0.15) is 5.70 Å². The van der Waals surface area contributed by atoms with Crippen LogP contribution in [-0.2, 0) is 9.53 Å². The SMILES string of the molecule is O=C1NC(=O)/C(=C\N2CCOCC2)N1. The van der Waals surface area contributed by atoms with Gasteiger partial charge in [-0.15, -0.1) is 0 Å². The number of ether oxygens (including phenoxy) is 1. The Bertz CT molecular complexity index is 294. The Kier molecular flexibility index (Phi) is 2.36. The molecule has 0 spiro atoms. The zero-order valence-electron chi connectivity index (χ0n) is 7.58. The average molecular weight is 197 g/mol. The average Bonchev–Trinajstić information content (AvgIpc) is 2.47. The van der Waals surface area contributed by atoms with Crippen LogP contribution in [0.25, 0.3) is 0 Å². The molecule has 0 bridgehead atoms. The van der Waals surface area contributed by atoms with Crippen molar-refractivity contribution in [1.29, 1.82) is 0 Å². The van der Waals surface area contributed by atoms with Gasteiger partial charge in [0.05, 0.1) is 13.2 Å². The van der Waals surface area contributed by atoms with E-state index in [9.17, 15) is 9.59 Å². The van der Waals surface area contributed by atoms with Crippen molar-refractivity contribution in [2.24, 2.45) is 0 Å². The summed E-state index contributed by atoms with van der Waals surface area (Å²) in [6.45, 7) is 2.79. The Morgan fingerprint density at radius 2 is 1.93 bits per heavy atom. The molecule has 2 aliphatic heterocycles. The second kappa shape index (κ2) is 3.67. The van der Waals surface area contributed by atoms with Crippen LogP contribution in [-0.4, -0.2) is 43.1 Å². The first-order valence-corrected chi connectivity index (χ1v) is 4.41. The lowest BCUT2D eigenvalue weighted by atomic mass is 10.4. The van der Waals surface area contributed by atoms with Crippen molar-refractivity contribution in [1.82, 2.24) is 15.5 Å². The minimum absolute atomic E-state index is 0.303. The van der Waals surface area contributed by atoms with Crippen molar-refractivity contribution in [3.05, 3.63) is 11.9 Å². The number of hydrogen-bond acceptors (Lipinski definition) is 4. The number of imide groups is 1. The van der Waals surface area contributed by atoms with E-state index in [4.69, 9.17) is 4.74 Å². The molecule has 3 amide bonds. The zero-order chi connectivity index (χ0) is 9.97. The molecule has 0 aromatic rings. The molecule has 2 heterocycles. The Morgan fingerprint density at radius 1 is 1.21 bits per heavy atom. The number of rotatable bonds is 1. The minimum Gasteiger partial charge on any atom is -0.378 e. The normalized spacial score (nSPS) is 25.1. The summed E-state index contributed by atoms with van der Waals surface area (Å²) in [4.78, 5) is 23.9. The predicted octanol–water partition coefficient (Wildman–Crippen LogP) is -1.00. The Morgan fingerprint density at radius 3 is 2.50 bits per heavy atom. The molecule has 2 fully saturated rings. The van der Waals surface area contributed by atoms with Gasteiger partial charge in [-0.3, -0.25) is 10.1 Å². The van der Waals surface area contributed by atoms with Gasteiger partial charge in [0, 0.05) is 19.3 Å². The van der Waals surface area contributed by atoms with E-state index in [0.29, 0.717) is 18.9 Å². The molecule has 14 heavy (non-hydrogen) atoms. The fourth-order valence-electron chi connectivity index (χ4n) is 1.36. The molecule has 2 aliphatic rings. The molecule has 0 atom stereocenters. The second-order valence-corrected chi connectivity index (χ2v) is 3.10. The first kappa shape index (κ1) is 9.01. The van der Waals surface area contributed by atoms with Crippen LogP contribution in [0, 0.1) is 0 Å². The van der Waals surface area contributed by atoms with Gasteiger partial charge < -0.3 is 15.0 Å². The molecule has 0 radical (unpaired) electrons. The molecule has 6 nitrogen and oxygen atoms in total. The first-order chi connectivity index (χ1) is 6.75. The summed E-state index contributed by atoms with van der Waals surface area (Å²) in [5.74, 6) is -0.374. The van der Waals surface area contributed by atoms with E-state index in [1.807, 2.05) is 4.90 Å². The Balaban J connectivity index is 2.02. The molecule has 2 saturated heterocycles. The topological polar surface area (TPSA) is 70.7 Å². The monoisotopic (exact) mass is 197 g/mol. The summed E-state index contributed by atoms with van der Waals surface area (Å²) in [7, 11) is 0. The number of nitrogens with one attached hydrogen (secondary N) is 2. The van der Waals surface area contributed by atoms with E-state index in [1.165, 1.54) is 0 Å². The van der Waals surface area contributed by atoms with Crippen molar-refractivity contribution in [2.75, 3.05) is 26.3 Å². The summed E-state index contributed by atoms with van der Waals surface area (Å²) >= 11 is 0. The van der Waals surface area contributed by atoms with Crippen molar-refractivity contribution < 1.29 is 14.3 Å². The number of nitrogens with zero attached hydrogens (tertiary/aromatic N) is 1. The van der Waals surface area contributed by atoms with Crippen molar-refractivity contribution in [3.8, 4) is 0 Å². The molecule has 0 aromatic carbocycles. The molecular weight excluding hydrogens is 186 g/mol. The lowest BCUT2D eigenvalue weighted by molar-refractivity contribution is -0.115. The predicted molar refractivity (Wildman–Crippen MR) is 47.1 cm³/mol. The van der Waals surface area contributed by atoms with Gasteiger partial charge in [0.15, 0.2) is 0 Å². The number of morpholine rings is 1. The molecule has 6 heteroatoms. The van der Waals surface area contributed by atoms with Crippen molar-refractivity contribution in [2.45, 2.75) is 0 Å². The van der Waals surface area contributed by atoms with Gasteiger partial charge in [-0.2, -0.15) is 0 Å². The summed E-state index contributed by atoms with van der Waals surface area (Å²) < 4.78 is 5.15. The molecule has 2 rings (SSSR count). The van der Waals surface area contributed by atoms with Gasteiger partial charge in [-0.1, -0.05) is 0 Å². The zero-order valence-corrected chi connectivity index (χ0v) is 7.58. The fraction of sp³-hybridized carbons (Fsp3) is 0.500. The fourth-order valence-corrected chi connectivity index (χ4v) is 1.36. The number of amides is 3. The van der Waals surface area contributed by atoms with Crippen LogP contribution >= 0.6 is 0 Å². The summed E-state index contributed by atoms with van der Waals surface area (Å²) in [6, 6.07) is -0.463. The van der Waals surface area contributed by atoms with Crippen LogP contribution in [0.5, 0.6) is 0 Å². The largest absolute Gasteiger partial charge is 0.378 e. The quantitative estimate of drug-likeness (QED) is 0.418. The molecule has 2 N–H and O–H groups in total. The van der Waals surface area contributed by atoms with E-state index in [-0.39, 0.29) is 5.91 Å². The van der Waals surface area contributed by atoms with E-state index in [2.05, 4.69) is 10.6 Å². The summed E-state index contributed by atoms with van der Waals surface area (Å²) in [5.41, 5.74) is 0.303. The van der Waals surface area contributed by atoms with E-state index in [1.54, 1.807) is 6.20 Å². The van der Waals surface area contributed by atoms with Crippen LogP contribution in [0.2, 0.25) is 0 Å². The van der Waals surface area contributed by atoms with Gasteiger partial charge in [0.2, 0.25) is 0 Å². The van der Waals surface area contributed by atoms with Crippen LogP contribution in [0.15, 0.2) is 11.9 Å². The van der Waals surface area contributed by atoms with Crippen molar-refractivity contribution in [3.63, 3.8) is 0 Å². The van der Waals surface area contributed by atoms with E-state index >= 15 is 0 Å². The van der Waals surface area contributed by atoms with Crippen LogP contribution < -0.4 is 10.6 Å². The molecule has 0 saturated carbocycles. The number of carbonyl (C=O) groups excluding carboxylic acids is 2. The Labute approximate surface area is 80.9 Å². The number of hydrogen-bond donors (Lipinski definition) is 2. The maximum absolute atomic E-state index is 11.1. The number of urea groups is 1. The van der Waals surface area contributed by atoms with Gasteiger partial charge >= 0.3 is 6.03 Å². The standard InChI is InChI=1S/C8H11N3O3/c12-7-6(9-8(13)10-7)5-11-1-3-14-4-2-11/h5H,1-4H2,(H2,9,10,12,13)/b6-5+. The smallest absolute Gasteiger partial charge is 0.326 e. The van der Waals surface area contributed by atoms with Crippen molar-refractivity contribution >= 4 is 11.9 Å². The van der Waals surface area contributed by atoms with Gasteiger partial charge in [0.25, 0.3) is 5.91 Å². The van der Waals surface area contributed by atoms with E-state index < -0.39 is 6.03 Å². The van der Waals surface area contributed by atoms with Crippen LogP contribution in [0.1, 0.15) is 0 Å². The number of carbonyl (C=O) groups is 2. The maximum atomic E-state index is 11.1. The van der Waals surface area contributed by atoms with Crippen LogP contribution in [0.4, 0.5) is 4.79 Å².